The van der Waals surface area contributed by atoms with Crippen molar-refractivity contribution in [3.63, 3.8) is 0 Å². The number of hydrogen-bond acceptors (Lipinski definition) is 6. The SMILES string of the molecule is Cc1nc2cc(-c3noc(-c4ccc(Cl)nc4)n3)ccc2o1. The van der Waals surface area contributed by atoms with Gasteiger partial charge in [-0.15, -0.1) is 0 Å². The third-order valence-electron chi connectivity index (χ3n) is 3.15. The standard InChI is InChI=1S/C15H9ClN4O2/c1-8-18-11-6-9(2-4-12(11)21-8)14-19-15(22-20-14)10-3-5-13(16)17-7-10/h2-7H,1H3. The lowest BCUT2D eigenvalue weighted by Crippen LogP contribution is -1.82. The van der Waals surface area contributed by atoms with Crippen LogP contribution in [0.3, 0.4) is 0 Å². The van der Waals surface area contributed by atoms with Crippen molar-refractivity contribution >= 4 is 22.7 Å². The maximum absolute atomic E-state index is 5.76. The largest absolute Gasteiger partial charge is 0.441 e. The number of aryl methyl sites for hydroxylation is 1. The van der Waals surface area contributed by atoms with Gasteiger partial charge in [0.2, 0.25) is 5.82 Å². The maximum atomic E-state index is 5.76. The molecule has 0 amide bonds. The van der Waals surface area contributed by atoms with E-state index < -0.39 is 0 Å². The summed E-state index contributed by atoms with van der Waals surface area (Å²) in [6.07, 6.45) is 1.59. The van der Waals surface area contributed by atoms with E-state index in [1.165, 1.54) is 0 Å². The molecule has 0 aliphatic rings. The van der Waals surface area contributed by atoms with Gasteiger partial charge in [-0.05, 0) is 30.3 Å². The number of rotatable bonds is 2. The molecule has 4 rings (SSSR count). The van der Waals surface area contributed by atoms with E-state index >= 15 is 0 Å². The molecule has 1 aromatic carbocycles. The molecule has 0 fully saturated rings. The van der Waals surface area contributed by atoms with Crippen molar-refractivity contribution in [1.82, 2.24) is 20.1 Å². The Morgan fingerprint density at radius 3 is 2.73 bits per heavy atom. The molecule has 0 radical (unpaired) electrons. The number of halogens is 1. The molecule has 0 bridgehead atoms. The third kappa shape index (κ3) is 2.23. The second-order valence-electron chi connectivity index (χ2n) is 4.71. The lowest BCUT2D eigenvalue weighted by atomic mass is 10.2. The van der Waals surface area contributed by atoms with Crippen LogP contribution < -0.4 is 0 Å². The highest BCUT2D eigenvalue weighted by molar-refractivity contribution is 6.29. The van der Waals surface area contributed by atoms with Gasteiger partial charge >= 0.3 is 0 Å². The van der Waals surface area contributed by atoms with Gasteiger partial charge in [-0.1, -0.05) is 16.8 Å². The quantitative estimate of drug-likeness (QED) is 0.522. The number of aromatic nitrogens is 4. The van der Waals surface area contributed by atoms with Crippen molar-refractivity contribution in [2.24, 2.45) is 0 Å². The Labute approximate surface area is 129 Å². The zero-order valence-corrected chi connectivity index (χ0v) is 12.2. The monoisotopic (exact) mass is 312 g/mol. The molecule has 22 heavy (non-hydrogen) atoms. The topological polar surface area (TPSA) is 77.8 Å². The fraction of sp³-hybridized carbons (Fsp3) is 0.0667. The van der Waals surface area contributed by atoms with E-state index in [1.807, 2.05) is 18.2 Å². The molecule has 0 spiro atoms. The number of nitrogens with zero attached hydrogens (tertiary/aromatic N) is 4. The highest BCUT2D eigenvalue weighted by Gasteiger charge is 2.12. The Bertz CT molecular complexity index is 959. The minimum atomic E-state index is 0.385. The Morgan fingerprint density at radius 2 is 1.91 bits per heavy atom. The van der Waals surface area contributed by atoms with Crippen LogP contribution in [-0.2, 0) is 0 Å². The zero-order valence-electron chi connectivity index (χ0n) is 11.4. The first kappa shape index (κ1) is 13.0. The number of pyridine rings is 1. The molecular formula is C15H9ClN4O2. The Balaban J connectivity index is 1.74. The van der Waals surface area contributed by atoms with Crippen LogP contribution in [0.4, 0.5) is 0 Å². The second-order valence-corrected chi connectivity index (χ2v) is 5.10. The van der Waals surface area contributed by atoms with E-state index in [9.17, 15) is 0 Å². The Morgan fingerprint density at radius 1 is 1.05 bits per heavy atom. The summed E-state index contributed by atoms with van der Waals surface area (Å²) < 4.78 is 10.7. The molecular weight excluding hydrogens is 304 g/mol. The minimum absolute atomic E-state index is 0.385. The lowest BCUT2D eigenvalue weighted by molar-refractivity contribution is 0.432. The summed E-state index contributed by atoms with van der Waals surface area (Å²) in [5.41, 5.74) is 3.00. The van der Waals surface area contributed by atoms with Gasteiger partial charge in [-0.3, -0.25) is 0 Å². The van der Waals surface area contributed by atoms with E-state index in [0.29, 0.717) is 28.3 Å². The normalized spacial score (nSPS) is 11.2. The van der Waals surface area contributed by atoms with E-state index in [0.717, 1.165) is 16.7 Å². The van der Waals surface area contributed by atoms with E-state index in [-0.39, 0.29) is 0 Å². The number of hydrogen-bond donors (Lipinski definition) is 0. The fourth-order valence-electron chi connectivity index (χ4n) is 2.14. The van der Waals surface area contributed by atoms with Crippen LogP contribution in [0.5, 0.6) is 0 Å². The van der Waals surface area contributed by atoms with Gasteiger partial charge in [0, 0.05) is 18.7 Å². The molecule has 0 aliphatic heterocycles. The maximum Gasteiger partial charge on any atom is 0.259 e. The van der Waals surface area contributed by atoms with E-state index in [1.54, 1.807) is 25.3 Å². The van der Waals surface area contributed by atoms with Crippen LogP contribution in [0, 0.1) is 6.92 Å². The van der Waals surface area contributed by atoms with Crippen molar-refractivity contribution in [3.05, 3.63) is 47.6 Å². The van der Waals surface area contributed by atoms with E-state index in [2.05, 4.69) is 20.1 Å². The van der Waals surface area contributed by atoms with Crippen LogP contribution >= 0.6 is 11.6 Å². The predicted molar refractivity (Wildman–Crippen MR) is 80.3 cm³/mol. The summed E-state index contributed by atoms with van der Waals surface area (Å²) in [5.74, 6) is 1.48. The number of oxazole rings is 1. The van der Waals surface area contributed by atoms with Gasteiger partial charge in [0.15, 0.2) is 11.5 Å². The predicted octanol–water partition coefficient (Wildman–Crippen LogP) is 3.90. The first-order valence-corrected chi connectivity index (χ1v) is 6.90. The van der Waals surface area contributed by atoms with Gasteiger partial charge in [-0.25, -0.2) is 9.97 Å². The highest BCUT2D eigenvalue weighted by atomic mass is 35.5. The van der Waals surface area contributed by atoms with Crippen molar-refractivity contribution in [1.29, 1.82) is 0 Å². The summed E-state index contributed by atoms with van der Waals surface area (Å²) in [6.45, 7) is 1.81. The van der Waals surface area contributed by atoms with Crippen molar-refractivity contribution in [2.75, 3.05) is 0 Å². The van der Waals surface area contributed by atoms with Crippen LogP contribution in [0.1, 0.15) is 5.89 Å². The lowest BCUT2D eigenvalue weighted by Gasteiger charge is -1.93. The first-order valence-electron chi connectivity index (χ1n) is 6.52. The molecule has 108 valence electrons. The van der Waals surface area contributed by atoms with Gasteiger partial charge in [-0.2, -0.15) is 4.98 Å². The average Bonchev–Trinajstić information content (AvgIpc) is 3.12. The molecule has 4 aromatic rings. The summed E-state index contributed by atoms with van der Waals surface area (Å²) in [6, 6.07) is 9.01. The second kappa shape index (κ2) is 4.92. The molecule has 0 saturated carbocycles. The van der Waals surface area contributed by atoms with Gasteiger partial charge in [0.05, 0.1) is 5.56 Å². The zero-order chi connectivity index (χ0) is 15.1. The number of fused-ring (bicyclic) bond motifs is 1. The molecule has 0 atom stereocenters. The van der Waals surface area contributed by atoms with Crippen molar-refractivity contribution in [3.8, 4) is 22.8 Å². The summed E-state index contributed by atoms with van der Waals surface area (Å²) >= 11 is 5.76. The van der Waals surface area contributed by atoms with Crippen LogP contribution in [-0.4, -0.2) is 20.1 Å². The van der Waals surface area contributed by atoms with Crippen LogP contribution in [0.25, 0.3) is 33.9 Å². The van der Waals surface area contributed by atoms with Crippen molar-refractivity contribution in [2.45, 2.75) is 6.92 Å². The molecule has 6 nitrogen and oxygen atoms in total. The summed E-state index contributed by atoms with van der Waals surface area (Å²) in [7, 11) is 0. The number of benzene rings is 1. The van der Waals surface area contributed by atoms with Crippen LogP contribution in [0.15, 0.2) is 45.5 Å². The average molecular weight is 313 g/mol. The molecule has 0 saturated heterocycles. The van der Waals surface area contributed by atoms with Crippen molar-refractivity contribution < 1.29 is 8.94 Å². The van der Waals surface area contributed by atoms with E-state index in [4.69, 9.17) is 20.5 Å². The Hall–Kier alpha value is -2.73. The fourth-order valence-corrected chi connectivity index (χ4v) is 2.25. The minimum Gasteiger partial charge on any atom is -0.441 e. The Kier molecular flexibility index (Phi) is 2.90. The molecule has 3 heterocycles. The first-order chi connectivity index (χ1) is 10.7. The molecule has 0 aliphatic carbocycles. The van der Waals surface area contributed by atoms with Crippen LogP contribution in [0.2, 0.25) is 5.15 Å². The van der Waals surface area contributed by atoms with Gasteiger partial charge in [0.25, 0.3) is 5.89 Å². The molecule has 0 N–H and O–H groups in total. The summed E-state index contributed by atoms with van der Waals surface area (Å²) in [4.78, 5) is 12.7. The molecule has 0 unspecified atom stereocenters. The summed E-state index contributed by atoms with van der Waals surface area (Å²) in [5, 5.41) is 4.41. The van der Waals surface area contributed by atoms with Gasteiger partial charge < -0.3 is 8.94 Å². The highest BCUT2D eigenvalue weighted by Crippen LogP contribution is 2.25. The molecule has 7 heteroatoms. The third-order valence-corrected chi connectivity index (χ3v) is 3.38. The molecule has 3 aromatic heterocycles. The van der Waals surface area contributed by atoms with Gasteiger partial charge in [0.1, 0.15) is 10.7 Å². The smallest absolute Gasteiger partial charge is 0.259 e.